The van der Waals surface area contributed by atoms with Crippen molar-refractivity contribution in [3.8, 4) is 17.2 Å². The SMILES string of the molecule is CN(C)c1cc(CNCCF)c(O)c2c1C[C@H]1C[C@H]3[C@H](N(C)C)C(=O)C(C(N)=O)=C(O)[C@@]3(O)C(=O)C1=C2O.CN(C)c1cc(CNCc2cc[n+](O)cc2)c(O)c2c1C[C@H]1C[C@H]3[C@H](N(C)C)C(=O)C(C(N)=O)=C(O)[C@@]3(O)C(=O)C1=C2O.CN(C)c1cc(CNc2cccnc2)c(O)c2c1C[C@H]1C[C@H]3[C@@H](N(C)C)C(=O)C(C(N)=O)=C(O)[C@@]3(O)C(=O)C1=C2O. The number of Topliss-reactive ketones (excluding diaryl/α,β-unsaturated/α-hetero) is 6. The number of phenolic OH excluding ortho intramolecular Hbond substituents is 3. The maximum Gasteiger partial charge on any atom is 0.255 e. The number of aromatic nitrogens is 2. The van der Waals surface area contributed by atoms with Crippen molar-refractivity contribution in [3.05, 3.63) is 174 Å². The van der Waals surface area contributed by atoms with Gasteiger partial charge in [0.15, 0.2) is 34.2 Å². The summed E-state index contributed by atoms with van der Waals surface area (Å²) in [6.07, 6.45) is 6.90. The van der Waals surface area contributed by atoms with Crippen LogP contribution in [0, 0.1) is 35.5 Å². The van der Waals surface area contributed by atoms with Gasteiger partial charge in [-0.1, -0.05) is 0 Å². The molecule has 3 aromatic carbocycles. The number of carbonyl (C=O) groups excluding carboxylic acids is 9. The smallest absolute Gasteiger partial charge is 0.255 e. The number of pyridine rings is 2. The Balaban J connectivity index is 0.000000168. The lowest BCUT2D eigenvalue weighted by molar-refractivity contribution is -0.904. The van der Waals surface area contributed by atoms with E-state index < -0.39 is 181 Å². The van der Waals surface area contributed by atoms with Gasteiger partial charge < -0.3 is 109 Å². The Hall–Kier alpha value is -12.4. The molecular weight excluding hydrogens is 1590 g/mol. The number of likely N-dealkylation sites (N-methyl/N-ethyl adjacent to an activating group) is 3. The zero-order valence-corrected chi connectivity index (χ0v) is 69.2. The van der Waals surface area contributed by atoms with Crippen molar-refractivity contribution in [2.45, 2.75) is 99.6 Å². The highest BCUT2D eigenvalue weighted by Gasteiger charge is 2.68. The molecule has 36 nitrogen and oxygen atoms in total. The summed E-state index contributed by atoms with van der Waals surface area (Å²) in [6.45, 7) is 0.311. The minimum absolute atomic E-state index is 0.00420. The van der Waals surface area contributed by atoms with Crippen LogP contribution in [0.1, 0.15) is 74.9 Å². The number of anilines is 4. The zero-order chi connectivity index (χ0) is 89.8. The van der Waals surface area contributed by atoms with Crippen molar-refractivity contribution in [1.29, 1.82) is 0 Å². The molecule has 0 spiro atoms. The normalized spacial score (nSPS) is 25.8. The molecule has 22 N–H and O–H groups in total. The van der Waals surface area contributed by atoms with Crippen LogP contribution in [-0.4, -0.2) is 271 Å². The highest BCUT2D eigenvalue weighted by molar-refractivity contribution is 6.27. The van der Waals surface area contributed by atoms with Crippen molar-refractivity contribution in [3.63, 3.8) is 0 Å². The molecule has 9 aliphatic carbocycles. The summed E-state index contributed by atoms with van der Waals surface area (Å²) in [7, 11) is 20.2. The van der Waals surface area contributed by atoms with Crippen LogP contribution in [-0.2, 0) is 88.6 Å². The van der Waals surface area contributed by atoms with E-state index in [9.17, 15) is 114 Å². The second-order valence-corrected chi connectivity index (χ2v) is 33.5. The molecule has 650 valence electrons. The van der Waals surface area contributed by atoms with Gasteiger partial charge in [0, 0.05) is 172 Å². The van der Waals surface area contributed by atoms with Crippen LogP contribution in [0.25, 0.3) is 17.3 Å². The third-order valence-corrected chi connectivity index (χ3v) is 25.0. The van der Waals surface area contributed by atoms with Crippen molar-refractivity contribution >= 4 is 92.4 Å². The van der Waals surface area contributed by atoms with Gasteiger partial charge in [-0.25, -0.2) is 4.39 Å². The summed E-state index contributed by atoms with van der Waals surface area (Å²) in [5.74, 6) is -20.5. The number of rotatable bonds is 20. The highest BCUT2D eigenvalue weighted by Crippen LogP contribution is 2.59. The average Bonchev–Trinajstić information content (AvgIpc) is 0.706. The van der Waals surface area contributed by atoms with Crippen LogP contribution >= 0.6 is 0 Å². The van der Waals surface area contributed by atoms with Gasteiger partial charge in [0.2, 0.25) is 29.7 Å². The Bertz CT molecular complexity index is 5460. The number of benzene rings is 3. The number of nitrogens with two attached hydrogens (primary N) is 3. The van der Waals surface area contributed by atoms with E-state index in [-0.39, 0.29) is 115 Å². The summed E-state index contributed by atoms with van der Waals surface area (Å²) >= 11 is 0. The Kier molecular flexibility index (Phi) is 24.2. The minimum atomic E-state index is -2.69. The Labute approximate surface area is 699 Å². The van der Waals surface area contributed by atoms with E-state index in [4.69, 9.17) is 17.2 Å². The van der Waals surface area contributed by atoms with Gasteiger partial charge in [-0.2, -0.15) is 0 Å². The largest absolute Gasteiger partial charge is 0.508 e. The Morgan fingerprint density at radius 3 is 1.09 bits per heavy atom. The monoisotopic (exact) mass is 1690 g/mol. The lowest BCUT2D eigenvalue weighted by Crippen LogP contribution is -2.65. The van der Waals surface area contributed by atoms with Gasteiger partial charge in [-0.05, 0) is 151 Å². The van der Waals surface area contributed by atoms with Crippen LogP contribution in [0.2, 0.25) is 0 Å². The third kappa shape index (κ3) is 14.4. The lowest BCUT2D eigenvalue weighted by Gasteiger charge is -2.50. The van der Waals surface area contributed by atoms with Gasteiger partial charge in [0.1, 0.15) is 75.2 Å². The number of fused-ring (bicyclic) bond motifs is 9. The fraction of sp³-hybridized carbons (Fsp3) is 0.424. The zero-order valence-electron chi connectivity index (χ0n) is 69.2. The van der Waals surface area contributed by atoms with Gasteiger partial charge in [0.05, 0.1) is 40.5 Å². The predicted molar refractivity (Wildman–Crippen MR) is 439 cm³/mol. The van der Waals surface area contributed by atoms with E-state index >= 15 is 0 Å². The number of nitrogens with one attached hydrogen (secondary N) is 3. The van der Waals surface area contributed by atoms with Crippen molar-refractivity contribution < 1.29 is 119 Å². The number of aliphatic hydroxyl groups excluding tert-OH is 6. The molecule has 9 aliphatic rings. The Morgan fingerprint density at radius 1 is 0.484 bits per heavy atom. The lowest BCUT2D eigenvalue weighted by atomic mass is 9.57. The highest BCUT2D eigenvalue weighted by atomic mass is 19.1. The number of primary amides is 3. The van der Waals surface area contributed by atoms with E-state index in [1.807, 2.05) is 44.1 Å². The van der Waals surface area contributed by atoms with E-state index in [0.29, 0.717) is 62.7 Å². The number of alkyl halides is 1. The van der Waals surface area contributed by atoms with Gasteiger partial charge >= 0.3 is 0 Å². The van der Waals surface area contributed by atoms with Crippen molar-refractivity contribution in [1.82, 2.24) is 30.3 Å². The molecule has 3 fully saturated rings. The molecule has 0 bridgehead atoms. The standard InChI is InChI=1S/C30H35N5O8.C29H33N5O7.C26H33FN4O7/c1-33(2)19-11-16(13-32-12-14-5-7-35(43)8-6-14)24(36)21-17(19)9-15-10-18-23(34(3)4)26(38)22(29(31)41)28(40)30(18,42)27(39)20(15)25(21)37;1-33(2)18-10-14(11-32-15-6-5-7-31-12-15)23(35)20-16(18)8-13-9-17-22(34(3)4)25(37)21(28(30)40)27(39)29(17,41)26(38)19(13)24(20)36;1-30(2)15-9-12(10-29-6-5-27)20(32)17-13(15)7-11-8-14-19(31(3)4)22(34)18(25(28)37)24(36)26(14,38)23(35)16(11)21(17)33/h5-8,11,15,18,23,32,42H,9-10,12-13H2,1-4H3,(H5-,31,36,37,38,39,40,41,43);5-7,10,12-13,17,22,32,35-36,39,41H,8-9,11H2,1-4H3,(H2,30,40);9,11,14,19,29,32-33,36,38H,5-8,10H2,1-4H3,(H2,28,37)/p+1/t15-,18-,23-,30-;13-,17-,22+,29-;11-,14-,19-,26-/m000/s1. The molecule has 3 saturated carbocycles. The average molecular weight is 1690 g/mol. The molecule has 2 aromatic heterocycles. The molecule has 3 amide bonds. The maximum atomic E-state index is 14.1. The molecule has 0 saturated heterocycles. The molecule has 0 unspecified atom stereocenters. The number of aromatic hydroxyl groups is 3. The number of carbonyl (C=O) groups is 9. The number of hydrogen-bond donors (Lipinski definition) is 19. The van der Waals surface area contributed by atoms with E-state index in [2.05, 4.69) is 20.9 Å². The van der Waals surface area contributed by atoms with Crippen molar-refractivity contribution in [2.75, 3.05) is 118 Å². The number of phenols is 3. The molecular formula is C85H102FN14O22+. The summed E-state index contributed by atoms with van der Waals surface area (Å²) in [5, 5.41) is 155. The quantitative estimate of drug-likeness (QED) is 0.0223. The second-order valence-electron chi connectivity index (χ2n) is 33.5. The molecule has 12 atom stereocenters. The molecule has 14 rings (SSSR count). The first-order chi connectivity index (χ1) is 57.3. The van der Waals surface area contributed by atoms with Crippen LogP contribution in [0.4, 0.5) is 27.1 Å². The molecule has 0 aliphatic heterocycles. The summed E-state index contributed by atoms with van der Waals surface area (Å²) in [6, 6.07) is 8.93. The van der Waals surface area contributed by atoms with Crippen LogP contribution < -0.4 is 52.6 Å². The fourth-order valence-corrected chi connectivity index (χ4v) is 19.5. The maximum absolute atomic E-state index is 14.1. The predicted octanol–water partition coefficient (Wildman–Crippen LogP) is 0.971. The third-order valence-electron chi connectivity index (χ3n) is 25.0. The number of aliphatic hydroxyl groups is 9. The van der Waals surface area contributed by atoms with Gasteiger partial charge in [0.25, 0.3) is 17.7 Å². The molecule has 122 heavy (non-hydrogen) atoms. The van der Waals surface area contributed by atoms with Crippen LogP contribution in [0.15, 0.2) is 118 Å². The number of hydrogen-bond acceptors (Lipinski definition) is 32. The molecule has 2 heterocycles. The van der Waals surface area contributed by atoms with Gasteiger partial charge in [-0.15, -0.1) is 0 Å². The minimum Gasteiger partial charge on any atom is -0.508 e. The summed E-state index contributed by atoms with van der Waals surface area (Å²) < 4.78 is 13.6. The Morgan fingerprint density at radius 2 is 0.803 bits per heavy atom. The molecule has 37 heteroatoms. The molecule has 0 radical (unpaired) electrons. The number of halogens is 1. The first-order valence-corrected chi connectivity index (χ1v) is 39.2. The van der Waals surface area contributed by atoms with Crippen molar-refractivity contribution in [2.24, 2.45) is 52.7 Å². The second kappa shape index (κ2) is 33.2. The first kappa shape index (κ1) is 88.9. The summed E-state index contributed by atoms with van der Waals surface area (Å²) in [4.78, 5) is 132. The fourth-order valence-electron chi connectivity index (χ4n) is 19.5. The summed E-state index contributed by atoms with van der Waals surface area (Å²) in [5.41, 5.74) is 11.7. The van der Waals surface area contributed by atoms with E-state index in [1.54, 1.807) is 110 Å². The topological polar surface area (TPSA) is 567 Å². The van der Waals surface area contributed by atoms with Gasteiger partial charge in [-0.3, -0.25) is 68.0 Å². The van der Waals surface area contributed by atoms with E-state index in [0.717, 1.165) is 10.3 Å². The number of nitrogens with zero attached hydrogens (tertiary/aromatic N) is 8. The van der Waals surface area contributed by atoms with Crippen LogP contribution in [0.3, 0.4) is 0 Å². The first-order valence-electron chi connectivity index (χ1n) is 39.2. The molecule has 5 aromatic rings. The number of ketones is 6. The van der Waals surface area contributed by atoms with Crippen LogP contribution in [0.5, 0.6) is 17.2 Å². The van der Waals surface area contributed by atoms with E-state index in [1.165, 1.54) is 27.1 Å². The number of amides is 3.